The molecule has 0 bridgehead atoms. The number of amides is 2. The third kappa shape index (κ3) is 4.06. The van der Waals surface area contributed by atoms with E-state index in [-0.39, 0.29) is 24.3 Å². The van der Waals surface area contributed by atoms with Gasteiger partial charge >= 0.3 is 0 Å². The van der Waals surface area contributed by atoms with Crippen LogP contribution in [0.1, 0.15) is 28.4 Å². The highest BCUT2D eigenvalue weighted by Gasteiger charge is 2.20. The van der Waals surface area contributed by atoms with Crippen molar-refractivity contribution in [3.8, 4) is 0 Å². The predicted molar refractivity (Wildman–Crippen MR) is 98.4 cm³/mol. The lowest BCUT2D eigenvalue weighted by Gasteiger charge is -2.15. The first kappa shape index (κ1) is 18.0. The van der Waals surface area contributed by atoms with Crippen molar-refractivity contribution in [2.75, 3.05) is 12.4 Å². The maximum Gasteiger partial charge on any atom is 0.252 e. The first-order valence-electron chi connectivity index (χ1n) is 7.64. The molecule has 0 spiro atoms. The molecule has 0 saturated carbocycles. The van der Waals surface area contributed by atoms with Crippen LogP contribution in [-0.2, 0) is 4.79 Å². The van der Waals surface area contributed by atoms with Gasteiger partial charge in [-0.3, -0.25) is 9.59 Å². The molecule has 8 nitrogen and oxygen atoms in total. The minimum absolute atomic E-state index is 0.139. The number of nitrogens with zero attached hydrogens (tertiary/aromatic N) is 4. The molecule has 2 heterocycles. The zero-order valence-corrected chi connectivity index (χ0v) is 15.3. The van der Waals surface area contributed by atoms with Gasteiger partial charge in [-0.2, -0.15) is 11.3 Å². The fourth-order valence-corrected chi connectivity index (χ4v) is 3.35. The lowest BCUT2D eigenvalue weighted by molar-refractivity contribution is -0.116. The average Bonchev–Trinajstić information content (AvgIpc) is 3.34. The molecule has 0 unspecified atom stereocenters. The Kier molecular flexibility index (Phi) is 5.59. The summed E-state index contributed by atoms with van der Waals surface area (Å²) in [6.07, 6.45) is 1.61. The summed E-state index contributed by atoms with van der Waals surface area (Å²) in [5.74, 6) is -0.558. The fourth-order valence-electron chi connectivity index (χ4n) is 2.44. The molecule has 0 aliphatic rings. The normalized spacial score (nSPS) is 11.8. The fraction of sp³-hybridized carbons (Fsp3) is 0.188. The molecule has 3 aromatic rings. The van der Waals surface area contributed by atoms with E-state index in [4.69, 9.17) is 11.6 Å². The highest BCUT2D eigenvalue weighted by Crippen LogP contribution is 2.25. The van der Waals surface area contributed by atoms with Gasteiger partial charge in [-0.25, -0.2) is 4.68 Å². The van der Waals surface area contributed by atoms with E-state index in [1.165, 1.54) is 30.8 Å². The van der Waals surface area contributed by atoms with Crippen LogP contribution < -0.4 is 10.6 Å². The molecule has 134 valence electrons. The van der Waals surface area contributed by atoms with Crippen LogP contribution in [0.15, 0.2) is 41.4 Å². The molecule has 1 atom stereocenters. The van der Waals surface area contributed by atoms with E-state index in [1.54, 1.807) is 16.8 Å². The first-order chi connectivity index (χ1) is 12.6. The van der Waals surface area contributed by atoms with E-state index in [0.29, 0.717) is 16.3 Å². The van der Waals surface area contributed by atoms with Crippen molar-refractivity contribution in [3.63, 3.8) is 0 Å². The van der Waals surface area contributed by atoms with E-state index in [0.717, 1.165) is 5.56 Å². The lowest BCUT2D eigenvalue weighted by atomic mass is 10.1. The quantitative estimate of drug-likeness (QED) is 0.672. The van der Waals surface area contributed by atoms with Gasteiger partial charge in [0.25, 0.3) is 5.91 Å². The summed E-state index contributed by atoms with van der Waals surface area (Å²) in [6, 6.07) is 6.36. The Labute approximate surface area is 158 Å². The van der Waals surface area contributed by atoms with E-state index in [2.05, 4.69) is 26.2 Å². The summed E-state index contributed by atoms with van der Waals surface area (Å²) in [7, 11) is 1.52. The van der Waals surface area contributed by atoms with Crippen LogP contribution in [-0.4, -0.2) is 39.1 Å². The van der Waals surface area contributed by atoms with Crippen LogP contribution in [0.2, 0.25) is 5.02 Å². The molecule has 2 aromatic heterocycles. The van der Waals surface area contributed by atoms with Gasteiger partial charge < -0.3 is 10.6 Å². The lowest BCUT2D eigenvalue weighted by Crippen LogP contribution is -2.21. The van der Waals surface area contributed by atoms with Crippen LogP contribution in [0.3, 0.4) is 0 Å². The van der Waals surface area contributed by atoms with Gasteiger partial charge in [-0.1, -0.05) is 11.6 Å². The zero-order valence-electron chi connectivity index (χ0n) is 13.7. The number of rotatable bonds is 6. The molecule has 3 rings (SSSR count). The number of benzene rings is 1. The van der Waals surface area contributed by atoms with Crippen molar-refractivity contribution >= 4 is 40.4 Å². The van der Waals surface area contributed by atoms with Gasteiger partial charge in [0.05, 0.1) is 23.0 Å². The van der Waals surface area contributed by atoms with Gasteiger partial charge in [0.1, 0.15) is 6.33 Å². The Morgan fingerprint density at radius 3 is 2.85 bits per heavy atom. The molecule has 0 radical (unpaired) electrons. The molecule has 10 heteroatoms. The van der Waals surface area contributed by atoms with Crippen molar-refractivity contribution in [2.45, 2.75) is 12.5 Å². The van der Waals surface area contributed by atoms with Crippen molar-refractivity contribution in [1.82, 2.24) is 25.5 Å². The molecule has 26 heavy (non-hydrogen) atoms. The molecular weight excluding hydrogens is 376 g/mol. The zero-order chi connectivity index (χ0) is 18.5. The summed E-state index contributed by atoms with van der Waals surface area (Å²) in [5.41, 5.74) is 1.72. The highest BCUT2D eigenvalue weighted by atomic mass is 35.5. The second-order valence-electron chi connectivity index (χ2n) is 5.39. The number of nitrogens with one attached hydrogen (secondary N) is 2. The van der Waals surface area contributed by atoms with Crippen LogP contribution in [0.5, 0.6) is 0 Å². The number of hydrogen-bond donors (Lipinski definition) is 2. The Bertz CT molecular complexity index is 863. The van der Waals surface area contributed by atoms with Gasteiger partial charge in [-0.15, -0.1) is 5.10 Å². The summed E-state index contributed by atoms with van der Waals surface area (Å²) >= 11 is 7.56. The summed E-state index contributed by atoms with van der Waals surface area (Å²) in [6.45, 7) is 0. The van der Waals surface area contributed by atoms with Crippen molar-refractivity contribution in [2.24, 2.45) is 0 Å². The maximum atomic E-state index is 12.5. The van der Waals surface area contributed by atoms with Gasteiger partial charge in [0.15, 0.2) is 0 Å². The molecule has 0 aliphatic heterocycles. The number of aromatic nitrogens is 4. The molecule has 1 aromatic carbocycles. The van der Waals surface area contributed by atoms with Crippen LogP contribution in [0, 0.1) is 0 Å². The highest BCUT2D eigenvalue weighted by molar-refractivity contribution is 7.08. The topological polar surface area (TPSA) is 102 Å². The predicted octanol–water partition coefficient (Wildman–Crippen LogP) is 2.37. The Hall–Kier alpha value is -2.78. The van der Waals surface area contributed by atoms with Gasteiger partial charge in [0.2, 0.25) is 5.91 Å². The average molecular weight is 391 g/mol. The summed E-state index contributed by atoms with van der Waals surface area (Å²) in [4.78, 5) is 24.4. The van der Waals surface area contributed by atoms with E-state index >= 15 is 0 Å². The SMILES string of the molecule is CNC(=O)c1cc(NC(=O)C[C@@H](c2ccsc2)n2cnnn2)ccc1Cl. The third-order valence-corrected chi connectivity index (χ3v) is 4.74. The van der Waals surface area contributed by atoms with Crippen LogP contribution in [0.4, 0.5) is 5.69 Å². The maximum absolute atomic E-state index is 12.5. The van der Waals surface area contributed by atoms with Gasteiger partial charge in [-0.05, 0) is 51.0 Å². The van der Waals surface area contributed by atoms with Gasteiger partial charge in [0, 0.05) is 12.7 Å². The minimum Gasteiger partial charge on any atom is -0.355 e. The number of halogens is 1. The van der Waals surface area contributed by atoms with Crippen molar-refractivity contribution < 1.29 is 9.59 Å². The Morgan fingerprint density at radius 1 is 1.35 bits per heavy atom. The Balaban J connectivity index is 1.76. The Morgan fingerprint density at radius 2 is 2.19 bits per heavy atom. The second kappa shape index (κ2) is 8.07. The molecule has 0 aliphatic carbocycles. The summed E-state index contributed by atoms with van der Waals surface area (Å²) in [5, 5.41) is 20.7. The van der Waals surface area contributed by atoms with Crippen LogP contribution in [0.25, 0.3) is 0 Å². The van der Waals surface area contributed by atoms with Crippen LogP contribution >= 0.6 is 22.9 Å². The molecule has 2 amide bonds. The molecule has 0 saturated heterocycles. The van der Waals surface area contributed by atoms with E-state index in [1.807, 2.05) is 16.8 Å². The number of carbonyl (C=O) groups excluding carboxylic acids is 2. The smallest absolute Gasteiger partial charge is 0.252 e. The molecule has 0 fully saturated rings. The largest absolute Gasteiger partial charge is 0.355 e. The number of hydrogen-bond acceptors (Lipinski definition) is 6. The first-order valence-corrected chi connectivity index (χ1v) is 8.96. The van der Waals surface area contributed by atoms with E-state index in [9.17, 15) is 9.59 Å². The molecule has 2 N–H and O–H groups in total. The number of tetrazole rings is 1. The molecular formula is C16H15ClN6O2S. The third-order valence-electron chi connectivity index (χ3n) is 3.71. The number of thiophene rings is 1. The minimum atomic E-state index is -0.323. The number of carbonyl (C=O) groups is 2. The van der Waals surface area contributed by atoms with Crippen molar-refractivity contribution in [3.05, 3.63) is 57.5 Å². The number of anilines is 1. The summed E-state index contributed by atoms with van der Waals surface area (Å²) < 4.78 is 1.54. The monoisotopic (exact) mass is 390 g/mol. The standard InChI is InChI=1S/C16H15ClN6O2S/c1-18-16(25)12-6-11(2-3-13(12)17)20-15(24)7-14(10-4-5-26-8-10)23-9-19-21-22-23/h2-6,8-9,14H,7H2,1H3,(H,18,25)(H,20,24)/t14-/m0/s1. The van der Waals surface area contributed by atoms with E-state index < -0.39 is 0 Å². The van der Waals surface area contributed by atoms with Crippen molar-refractivity contribution in [1.29, 1.82) is 0 Å². The second-order valence-corrected chi connectivity index (χ2v) is 6.58.